The highest BCUT2D eigenvalue weighted by atomic mass is 16.5. The van der Waals surface area contributed by atoms with Crippen molar-refractivity contribution in [3.8, 4) is 5.75 Å². The van der Waals surface area contributed by atoms with Gasteiger partial charge in [-0.25, -0.2) is 4.79 Å². The Labute approximate surface area is 161 Å². The molecule has 27 heavy (non-hydrogen) atoms. The summed E-state index contributed by atoms with van der Waals surface area (Å²) in [7, 11) is 3.54. The van der Waals surface area contributed by atoms with Crippen LogP contribution in [-0.4, -0.2) is 16.2 Å². The number of ether oxygens (including phenoxy) is 1. The van der Waals surface area contributed by atoms with E-state index in [4.69, 9.17) is 4.74 Å². The Morgan fingerprint density at radius 3 is 2.30 bits per heavy atom. The van der Waals surface area contributed by atoms with Crippen LogP contribution in [0.15, 0.2) is 53.5 Å². The maximum absolute atomic E-state index is 12.6. The molecule has 0 aliphatic carbocycles. The standard InChI is InChI=1S/C23H28N2O2/c1-17-8-9-20(14-18(17)2)15-25-16-21(24(3)23(25)26)7-5-6-19-10-12-22(27-4)13-11-19/h8-14,16H,5-7,15H2,1-4H3. The van der Waals surface area contributed by atoms with Gasteiger partial charge in [0.15, 0.2) is 0 Å². The van der Waals surface area contributed by atoms with Crippen LogP contribution in [0.3, 0.4) is 0 Å². The monoisotopic (exact) mass is 364 g/mol. The number of hydrogen-bond acceptors (Lipinski definition) is 2. The highest BCUT2D eigenvalue weighted by Crippen LogP contribution is 2.14. The maximum Gasteiger partial charge on any atom is 0.328 e. The molecular weight excluding hydrogens is 336 g/mol. The Morgan fingerprint density at radius 1 is 0.926 bits per heavy atom. The van der Waals surface area contributed by atoms with Gasteiger partial charge in [0.2, 0.25) is 0 Å². The molecule has 0 unspecified atom stereocenters. The van der Waals surface area contributed by atoms with Crippen molar-refractivity contribution in [3.05, 3.63) is 87.1 Å². The molecule has 142 valence electrons. The van der Waals surface area contributed by atoms with E-state index in [1.165, 1.54) is 16.7 Å². The molecule has 0 saturated carbocycles. The molecule has 0 aliphatic heterocycles. The molecule has 4 heteroatoms. The van der Waals surface area contributed by atoms with Gasteiger partial charge in [0.25, 0.3) is 0 Å². The Balaban J connectivity index is 1.65. The first-order valence-corrected chi connectivity index (χ1v) is 9.42. The Morgan fingerprint density at radius 2 is 1.63 bits per heavy atom. The van der Waals surface area contributed by atoms with Gasteiger partial charge in [0, 0.05) is 18.9 Å². The largest absolute Gasteiger partial charge is 0.497 e. The van der Waals surface area contributed by atoms with Crippen molar-refractivity contribution >= 4 is 0 Å². The van der Waals surface area contributed by atoms with Crippen molar-refractivity contribution in [2.45, 2.75) is 39.7 Å². The zero-order valence-corrected chi connectivity index (χ0v) is 16.7. The highest BCUT2D eigenvalue weighted by molar-refractivity contribution is 5.30. The molecule has 2 aromatic carbocycles. The van der Waals surface area contributed by atoms with Crippen molar-refractivity contribution in [2.75, 3.05) is 7.11 Å². The molecule has 0 radical (unpaired) electrons. The highest BCUT2D eigenvalue weighted by Gasteiger charge is 2.09. The van der Waals surface area contributed by atoms with Crippen LogP contribution >= 0.6 is 0 Å². The van der Waals surface area contributed by atoms with Crippen LogP contribution in [0, 0.1) is 13.8 Å². The second-order valence-electron chi connectivity index (χ2n) is 7.21. The lowest BCUT2D eigenvalue weighted by Gasteiger charge is -2.05. The minimum absolute atomic E-state index is 0.0488. The first-order valence-electron chi connectivity index (χ1n) is 9.42. The fourth-order valence-corrected chi connectivity index (χ4v) is 3.35. The first kappa shape index (κ1) is 19.0. The van der Waals surface area contributed by atoms with Crippen LogP contribution in [0.4, 0.5) is 0 Å². The molecule has 0 saturated heterocycles. The van der Waals surface area contributed by atoms with E-state index < -0.39 is 0 Å². The SMILES string of the molecule is COc1ccc(CCCc2cn(Cc3ccc(C)c(C)c3)c(=O)n2C)cc1. The van der Waals surface area contributed by atoms with Crippen LogP contribution in [0.2, 0.25) is 0 Å². The summed E-state index contributed by atoms with van der Waals surface area (Å²) >= 11 is 0. The lowest BCUT2D eigenvalue weighted by molar-refractivity contribution is 0.414. The number of hydrogen-bond donors (Lipinski definition) is 0. The smallest absolute Gasteiger partial charge is 0.328 e. The number of benzene rings is 2. The van der Waals surface area contributed by atoms with Gasteiger partial charge in [-0.3, -0.25) is 9.13 Å². The van der Waals surface area contributed by atoms with Gasteiger partial charge in [0.05, 0.1) is 13.7 Å². The second-order valence-corrected chi connectivity index (χ2v) is 7.21. The predicted molar refractivity (Wildman–Crippen MR) is 110 cm³/mol. The summed E-state index contributed by atoms with van der Waals surface area (Å²) < 4.78 is 8.78. The zero-order chi connectivity index (χ0) is 19.4. The topological polar surface area (TPSA) is 36.2 Å². The lowest BCUT2D eigenvalue weighted by Crippen LogP contribution is -2.23. The molecule has 4 nitrogen and oxygen atoms in total. The quantitative estimate of drug-likeness (QED) is 0.634. The third-order valence-corrected chi connectivity index (χ3v) is 5.25. The van der Waals surface area contributed by atoms with Crippen molar-refractivity contribution in [1.82, 2.24) is 9.13 Å². The Kier molecular flexibility index (Phi) is 5.84. The first-order chi connectivity index (χ1) is 13.0. The molecule has 0 fully saturated rings. The summed E-state index contributed by atoms with van der Waals surface area (Å²) in [5, 5.41) is 0. The number of imidazole rings is 1. The second kappa shape index (κ2) is 8.30. The third kappa shape index (κ3) is 4.51. The maximum atomic E-state index is 12.6. The summed E-state index contributed by atoms with van der Waals surface area (Å²) in [6.45, 7) is 4.83. The normalized spacial score (nSPS) is 11.0. The lowest BCUT2D eigenvalue weighted by atomic mass is 10.1. The van der Waals surface area contributed by atoms with Gasteiger partial charge in [-0.15, -0.1) is 0 Å². The molecule has 0 spiro atoms. The molecule has 1 aromatic heterocycles. The molecular formula is C23H28N2O2. The molecule has 1 heterocycles. The average Bonchev–Trinajstić information content (AvgIpc) is 2.93. The summed E-state index contributed by atoms with van der Waals surface area (Å²) in [4.78, 5) is 12.6. The van der Waals surface area contributed by atoms with Crippen LogP contribution in [0.5, 0.6) is 5.75 Å². The molecule has 3 aromatic rings. The van der Waals surface area contributed by atoms with Gasteiger partial charge in [-0.2, -0.15) is 0 Å². The molecule has 0 aliphatic rings. The predicted octanol–water partition coefficient (Wildman–Crippen LogP) is 4.04. The molecule has 0 atom stereocenters. The number of aromatic nitrogens is 2. The summed E-state index contributed by atoms with van der Waals surface area (Å²) in [6.07, 6.45) is 4.89. The van der Waals surface area contributed by atoms with E-state index in [9.17, 15) is 4.79 Å². The van der Waals surface area contributed by atoms with E-state index in [2.05, 4.69) is 44.2 Å². The number of rotatable bonds is 7. The van der Waals surface area contributed by atoms with Crippen molar-refractivity contribution in [2.24, 2.45) is 7.05 Å². The third-order valence-electron chi connectivity index (χ3n) is 5.25. The van der Waals surface area contributed by atoms with Crippen LogP contribution in [-0.2, 0) is 26.4 Å². The summed E-state index contributed by atoms with van der Waals surface area (Å²) in [5.41, 5.74) is 6.12. The molecule has 0 bridgehead atoms. The van der Waals surface area contributed by atoms with E-state index in [0.29, 0.717) is 6.54 Å². The van der Waals surface area contributed by atoms with E-state index >= 15 is 0 Å². The van der Waals surface area contributed by atoms with E-state index in [-0.39, 0.29) is 5.69 Å². The van der Waals surface area contributed by atoms with Crippen LogP contribution < -0.4 is 10.4 Å². The van der Waals surface area contributed by atoms with Crippen LogP contribution in [0.25, 0.3) is 0 Å². The summed E-state index contributed by atoms with van der Waals surface area (Å²) in [5.74, 6) is 0.879. The average molecular weight is 364 g/mol. The molecule has 3 rings (SSSR count). The zero-order valence-electron chi connectivity index (χ0n) is 16.7. The van der Waals surface area contributed by atoms with Gasteiger partial charge in [0.1, 0.15) is 5.75 Å². The fraction of sp³-hybridized carbons (Fsp3) is 0.348. The number of methoxy groups -OCH3 is 1. The van der Waals surface area contributed by atoms with Gasteiger partial charge in [-0.05, 0) is 67.5 Å². The van der Waals surface area contributed by atoms with E-state index in [1.807, 2.05) is 29.9 Å². The minimum atomic E-state index is 0.0488. The molecule has 0 amide bonds. The molecule has 0 N–H and O–H groups in total. The van der Waals surface area contributed by atoms with Crippen molar-refractivity contribution in [1.29, 1.82) is 0 Å². The van der Waals surface area contributed by atoms with Crippen molar-refractivity contribution in [3.63, 3.8) is 0 Å². The fourth-order valence-electron chi connectivity index (χ4n) is 3.35. The van der Waals surface area contributed by atoms with E-state index in [1.54, 1.807) is 11.7 Å². The van der Waals surface area contributed by atoms with E-state index in [0.717, 1.165) is 36.3 Å². The summed E-state index contributed by atoms with van der Waals surface area (Å²) in [6, 6.07) is 14.6. The van der Waals surface area contributed by atoms with Gasteiger partial charge in [-0.1, -0.05) is 30.3 Å². The Bertz CT molecular complexity index is 965. The minimum Gasteiger partial charge on any atom is -0.497 e. The van der Waals surface area contributed by atoms with Gasteiger partial charge >= 0.3 is 5.69 Å². The van der Waals surface area contributed by atoms with Crippen molar-refractivity contribution < 1.29 is 4.74 Å². The Hall–Kier alpha value is -2.75. The number of nitrogens with zero attached hydrogens (tertiary/aromatic N) is 2. The van der Waals surface area contributed by atoms with Gasteiger partial charge < -0.3 is 4.74 Å². The van der Waals surface area contributed by atoms with Crippen LogP contribution in [0.1, 0.15) is 34.4 Å². The number of aryl methyl sites for hydroxylation is 4.